The Morgan fingerprint density at radius 1 is 1.13 bits per heavy atom. The Kier molecular flexibility index (Phi) is 5.15. The number of nitrogens with one attached hydrogen (secondary N) is 1. The summed E-state index contributed by atoms with van der Waals surface area (Å²) < 4.78 is 33.1. The lowest BCUT2D eigenvalue weighted by Gasteiger charge is -2.13. The Balaban J connectivity index is 2.33. The van der Waals surface area contributed by atoms with E-state index >= 15 is 0 Å². The minimum atomic E-state index is -3.67. The standard InChI is InChI=1S/C17H21NO3SSi/c1-14-7-9-15(10-8-14)22(19,20)18-16(11-13-23(2,3)4)17-6-5-12-21-17/h5-10,12,16,18H,1-4H3. The first kappa shape index (κ1) is 17.5. The molecule has 2 aromatic rings. The molecule has 1 atom stereocenters. The molecule has 122 valence electrons. The van der Waals surface area contributed by atoms with Crippen LogP contribution in [0.3, 0.4) is 0 Å². The maximum atomic E-state index is 12.6. The zero-order valence-electron chi connectivity index (χ0n) is 13.8. The van der Waals surface area contributed by atoms with Crippen LogP contribution in [0.2, 0.25) is 19.6 Å². The fourth-order valence-electron chi connectivity index (χ4n) is 1.84. The van der Waals surface area contributed by atoms with Gasteiger partial charge >= 0.3 is 0 Å². The van der Waals surface area contributed by atoms with Gasteiger partial charge in [0.2, 0.25) is 10.0 Å². The third-order valence-corrected chi connectivity index (χ3v) is 5.36. The van der Waals surface area contributed by atoms with Crippen molar-refractivity contribution >= 4 is 18.1 Å². The molecular formula is C17H21NO3SSi. The smallest absolute Gasteiger partial charge is 0.242 e. The average Bonchev–Trinajstić information content (AvgIpc) is 2.97. The number of rotatable bonds is 4. The molecule has 1 N–H and O–H groups in total. The summed E-state index contributed by atoms with van der Waals surface area (Å²) in [6, 6.07) is 9.46. The van der Waals surface area contributed by atoms with Crippen molar-refractivity contribution in [3.8, 4) is 11.5 Å². The lowest BCUT2D eigenvalue weighted by molar-refractivity contribution is 0.481. The van der Waals surface area contributed by atoms with Crippen molar-refractivity contribution in [2.75, 3.05) is 0 Å². The zero-order chi connectivity index (χ0) is 17.1. The number of aryl methyl sites for hydroxylation is 1. The van der Waals surface area contributed by atoms with Gasteiger partial charge in [0.05, 0.1) is 11.2 Å². The van der Waals surface area contributed by atoms with E-state index in [2.05, 4.69) is 35.8 Å². The Hall–Kier alpha value is -1.81. The lowest BCUT2D eigenvalue weighted by Crippen LogP contribution is -2.28. The predicted molar refractivity (Wildman–Crippen MR) is 94.1 cm³/mol. The molecular weight excluding hydrogens is 326 g/mol. The largest absolute Gasteiger partial charge is 0.467 e. The molecule has 2 rings (SSSR count). The third-order valence-electron chi connectivity index (χ3n) is 3.02. The van der Waals surface area contributed by atoms with Gasteiger partial charge in [-0.2, -0.15) is 4.72 Å². The highest BCUT2D eigenvalue weighted by Gasteiger charge is 2.22. The van der Waals surface area contributed by atoms with Gasteiger partial charge in [0, 0.05) is 0 Å². The first-order valence-electron chi connectivity index (χ1n) is 7.32. The van der Waals surface area contributed by atoms with Crippen LogP contribution in [-0.2, 0) is 10.0 Å². The molecule has 4 nitrogen and oxygen atoms in total. The summed E-state index contributed by atoms with van der Waals surface area (Å²) in [6.07, 6.45) is 1.51. The van der Waals surface area contributed by atoms with Crippen LogP contribution in [-0.4, -0.2) is 16.5 Å². The monoisotopic (exact) mass is 347 g/mol. The zero-order valence-corrected chi connectivity index (χ0v) is 15.6. The number of benzene rings is 1. The van der Waals surface area contributed by atoms with Crippen LogP contribution in [0.4, 0.5) is 0 Å². The SMILES string of the molecule is Cc1ccc(S(=O)(=O)NC(C#C[Si](C)(C)C)c2ccco2)cc1. The van der Waals surface area contributed by atoms with Gasteiger partial charge in [-0.3, -0.25) is 0 Å². The van der Waals surface area contributed by atoms with Gasteiger partial charge in [-0.15, -0.1) is 5.54 Å². The molecule has 1 aromatic heterocycles. The van der Waals surface area contributed by atoms with Gasteiger partial charge in [-0.25, -0.2) is 8.42 Å². The number of sulfonamides is 1. The Labute approximate surface area is 139 Å². The van der Waals surface area contributed by atoms with E-state index in [1.54, 1.807) is 36.4 Å². The van der Waals surface area contributed by atoms with E-state index in [4.69, 9.17) is 4.42 Å². The summed E-state index contributed by atoms with van der Waals surface area (Å²) in [5.41, 5.74) is 4.20. The van der Waals surface area contributed by atoms with Crippen LogP contribution in [0.25, 0.3) is 0 Å². The van der Waals surface area contributed by atoms with Gasteiger partial charge in [0.25, 0.3) is 0 Å². The number of furan rings is 1. The van der Waals surface area contributed by atoms with Crippen LogP contribution in [0.5, 0.6) is 0 Å². The molecule has 0 radical (unpaired) electrons. The molecule has 0 amide bonds. The van der Waals surface area contributed by atoms with Crippen molar-refractivity contribution in [2.24, 2.45) is 0 Å². The molecule has 0 aliphatic rings. The van der Waals surface area contributed by atoms with Crippen LogP contribution < -0.4 is 4.72 Å². The van der Waals surface area contributed by atoms with Crippen LogP contribution >= 0.6 is 0 Å². The Bertz CT molecular complexity index is 807. The van der Waals surface area contributed by atoms with Crippen molar-refractivity contribution in [1.82, 2.24) is 4.72 Å². The van der Waals surface area contributed by atoms with Crippen molar-refractivity contribution in [2.45, 2.75) is 37.5 Å². The van der Waals surface area contributed by atoms with Crippen LogP contribution in [0.15, 0.2) is 52.0 Å². The van der Waals surface area contributed by atoms with Gasteiger partial charge in [0.15, 0.2) is 0 Å². The van der Waals surface area contributed by atoms with Crippen molar-refractivity contribution in [3.05, 3.63) is 54.0 Å². The quantitative estimate of drug-likeness (QED) is 0.680. The molecule has 0 aliphatic heterocycles. The number of hydrogen-bond donors (Lipinski definition) is 1. The Morgan fingerprint density at radius 3 is 2.30 bits per heavy atom. The second kappa shape index (κ2) is 6.75. The summed E-state index contributed by atoms with van der Waals surface area (Å²) in [6.45, 7) is 8.23. The third kappa shape index (κ3) is 5.10. The van der Waals surface area contributed by atoms with E-state index in [1.807, 2.05) is 6.92 Å². The maximum Gasteiger partial charge on any atom is 0.242 e. The van der Waals surface area contributed by atoms with Gasteiger partial charge in [-0.05, 0) is 31.2 Å². The highest BCUT2D eigenvalue weighted by molar-refractivity contribution is 7.89. The number of hydrogen-bond acceptors (Lipinski definition) is 3. The summed E-state index contributed by atoms with van der Waals surface area (Å²) in [7, 11) is -5.30. The van der Waals surface area contributed by atoms with Crippen LogP contribution in [0.1, 0.15) is 17.4 Å². The molecule has 1 unspecified atom stereocenters. The molecule has 0 aliphatic carbocycles. The van der Waals surface area contributed by atoms with E-state index in [1.165, 1.54) is 6.26 Å². The van der Waals surface area contributed by atoms with Gasteiger partial charge < -0.3 is 4.42 Å². The predicted octanol–water partition coefficient (Wildman–Crippen LogP) is 3.49. The van der Waals surface area contributed by atoms with Gasteiger partial charge in [0.1, 0.15) is 19.9 Å². The molecule has 0 fully saturated rings. The molecule has 1 heterocycles. The topological polar surface area (TPSA) is 59.3 Å². The summed E-state index contributed by atoms with van der Waals surface area (Å²) in [4.78, 5) is 0.217. The minimum absolute atomic E-state index is 0.217. The lowest BCUT2D eigenvalue weighted by atomic mass is 10.2. The van der Waals surface area contributed by atoms with Crippen molar-refractivity contribution < 1.29 is 12.8 Å². The summed E-state index contributed by atoms with van der Waals surface area (Å²) in [5, 5.41) is 0. The first-order chi connectivity index (χ1) is 10.7. The normalized spacial score (nSPS) is 13.2. The van der Waals surface area contributed by atoms with Gasteiger partial charge in [-0.1, -0.05) is 43.3 Å². The molecule has 1 aromatic carbocycles. The Morgan fingerprint density at radius 2 is 1.78 bits per heavy atom. The second-order valence-electron chi connectivity index (χ2n) is 6.40. The van der Waals surface area contributed by atoms with E-state index in [9.17, 15) is 8.42 Å². The molecule has 0 saturated heterocycles. The highest BCUT2D eigenvalue weighted by atomic mass is 32.2. The van der Waals surface area contributed by atoms with E-state index in [0.29, 0.717) is 5.76 Å². The van der Waals surface area contributed by atoms with Crippen LogP contribution in [0, 0.1) is 18.4 Å². The average molecular weight is 348 g/mol. The summed E-state index contributed by atoms with van der Waals surface area (Å²) >= 11 is 0. The van der Waals surface area contributed by atoms with E-state index in [-0.39, 0.29) is 4.90 Å². The molecule has 0 saturated carbocycles. The van der Waals surface area contributed by atoms with Crippen molar-refractivity contribution in [1.29, 1.82) is 0 Å². The fraction of sp³-hybridized carbons (Fsp3) is 0.294. The first-order valence-corrected chi connectivity index (χ1v) is 12.3. The molecule has 23 heavy (non-hydrogen) atoms. The molecule has 6 heteroatoms. The molecule has 0 spiro atoms. The van der Waals surface area contributed by atoms with Crippen molar-refractivity contribution in [3.63, 3.8) is 0 Å². The fourth-order valence-corrected chi connectivity index (χ4v) is 3.54. The maximum absolute atomic E-state index is 12.6. The summed E-state index contributed by atoms with van der Waals surface area (Å²) in [5.74, 6) is 3.52. The second-order valence-corrected chi connectivity index (χ2v) is 12.9. The molecule has 0 bridgehead atoms. The minimum Gasteiger partial charge on any atom is -0.467 e. The highest BCUT2D eigenvalue weighted by Crippen LogP contribution is 2.18. The van der Waals surface area contributed by atoms with E-state index < -0.39 is 24.1 Å². The van der Waals surface area contributed by atoms with E-state index in [0.717, 1.165) is 5.56 Å².